The molecule has 2 heterocycles. The summed E-state index contributed by atoms with van der Waals surface area (Å²) in [5.74, 6) is 0.759. The molecule has 2 saturated heterocycles. The lowest BCUT2D eigenvalue weighted by Crippen LogP contribution is -2.36. The molecule has 3 fully saturated rings. The topological polar surface area (TPSA) is 49.4 Å². The van der Waals surface area contributed by atoms with E-state index in [9.17, 15) is 9.59 Å². The van der Waals surface area contributed by atoms with Gasteiger partial charge in [0, 0.05) is 6.54 Å². The number of imide groups is 1. The van der Waals surface area contributed by atoms with Crippen LogP contribution in [-0.2, 0) is 9.59 Å². The van der Waals surface area contributed by atoms with Gasteiger partial charge in [-0.25, -0.2) is 0 Å². The highest BCUT2D eigenvalue weighted by atomic mass is 16.2. The minimum Gasteiger partial charge on any atom is -0.316 e. The Morgan fingerprint density at radius 1 is 1.12 bits per heavy atom. The first-order valence-corrected chi connectivity index (χ1v) is 6.33. The number of likely N-dealkylation sites (tertiary alicyclic amines) is 1. The van der Waals surface area contributed by atoms with E-state index in [2.05, 4.69) is 5.32 Å². The van der Waals surface area contributed by atoms with Crippen LogP contribution in [0.15, 0.2) is 0 Å². The summed E-state index contributed by atoms with van der Waals surface area (Å²) < 4.78 is 0. The van der Waals surface area contributed by atoms with Gasteiger partial charge in [0.1, 0.15) is 0 Å². The van der Waals surface area contributed by atoms with Gasteiger partial charge in [-0.2, -0.15) is 0 Å². The maximum absolute atomic E-state index is 12.1. The van der Waals surface area contributed by atoms with Crippen molar-refractivity contribution in [3.63, 3.8) is 0 Å². The zero-order valence-electron chi connectivity index (χ0n) is 9.45. The molecule has 0 radical (unpaired) electrons. The maximum atomic E-state index is 12.1. The van der Waals surface area contributed by atoms with E-state index < -0.39 is 0 Å². The van der Waals surface area contributed by atoms with Gasteiger partial charge in [0.05, 0.1) is 11.8 Å². The summed E-state index contributed by atoms with van der Waals surface area (Å²) in [5.41, 5.74) is 0. The molecule has 3 aliphatic rings. The quantitative estimate of drug-likeness (QED) is 0.687. The van der Waals surface area contributed by atoms with Gasteiger partial charge in [-0.05, 0) is 38.3 Å². The van der Waals surface area contributed by atoms with Gasteiger partial charge < -0.3 is 5.32 Å². The minimum atomic E-state index is 0.0295. The van der Waals surface area contributed by atoms with Crippen LogP contribution in [0.3, 0.4) is 0 Å². The van der Waals surface area contributed by atoms with Crippen LogP contribution in [0, 0.1) is 17.8 Å². The average Bonchev–Trinajstić information content (AvgIpc) is 2.97. The van der Waals surface area contributed by atoms with Gasteiger partial charge in [-0.1, -0.05) is 6.42 Å². The number of fused-ring (bicyclic) bond motifs is 1. The van der Waals surface area contributed by atoms with Crippen LogP contribution in [0.4, 0.5) is 0 Å². The molecule has 16 heavy (non-hydrogen) atoms. The van der Waals surface area contributed by atoms with Crippen molar-refractivity contribution < 1.29 is 9.59 Å². The molecule has 0 aromatic rings. The Balaban J connectivity index is 1.71. The van der Waals surface area contributed by atoms with E-state index in [-0.39, 0.29) is 23.7 Å². The number of nitrogens with zero attached hydrogens (tertiary/aromatic N) is 1. The van der Waals surface area contributed by atoms with E-state index in [1.807, 2.05) is 0 Å². The molecule has 3 rings (SSSR count). The molecule has 3 unspecified atom stereocenters. The number of carbonyl (C=O) groups is 2. The van der Waals surface area contributed by atoms with Crippen molar-refractivity contribution in [1.82, 2.24) is 10.2 Å². The Morgan fingerprint density at radius 3 is 2.38 bits per heavy atom. The lowest BCUT2D eigenvalue weighted by atomic mass is 10.00. The van der Waals surface area contributed by atoms with Crippen LogP contribution in [0.1, 0.15) is 25.7 Å². The molecule has 4 nitrogen and oxygen atoms in total. The Hall–Kier alpha value is -0.900. The minimum absolute atomic E-state index is 0.0295. The largest absolute Gasteiger partial charge is 0.316 e. The lowest BCUT2D eigenvalue weighted by Gasteiger charge is -2.19. The summed E-state index contributed by atoms with van der Waals surface area (Å²) >= 11 is 0. The van der Waals surface area contributed by atoms with Crippen molar-refractivity contribution >= 4 is 11.8 Å². The first-order chi connectivity index (χ1) is 7.77. The van der Waals surface area contributed by atoms with Crippen molar-refractivity contribution in [3.05, 3.63) is 0 Å². The van der Waals surface area contributed by atoms with Gasteiger partial charge in [0.2, 0.25) is 11.8 Å². The van der Waals surface area contributed by atoms with Gasteiger partial charge in [0.15, 0.2) is 0 Å². The fourth-order valence-corrected chi connectivity index (χ4v) is 3.37. The lowest BCUT2D eigenvalue weighted by molar-refractivity contribution is -0.140. The summed E-state index contributed by atoms with van der Waals surface area (Å²) in [6.45, 7) is 2.62. The number of carbonyl (C=O) groups excluding carboxylic acids is 2. The fourth-order valence-electron chi connectivity index (χ4n) is 3.37. The molecule has 3 atom stereocenters. The monoisotopic (exact) mass is 222 g/mol. The third-order valence-electron chi connectivity index (χ3n) is 4.29. The first kappa shape index (κ1) is 10.3. The summed E-state index contributed by atoms with van der Waals surface area (Å²) in [7, 11) is 0. The highest BCUT2D eigenvalue weighted by Gasteiger charge is 2.49. The molecule has 2 amide bonds. The Morgan fingerprint density at radius 2 is 1.81 bits per heavy atom. The molecular formula is C12H18N2O2. The second-order valence-electron chi connectivity index (χ2n) is 5.29. The predicted molar refractivity (Wildman–Crippen MR) is 58.5 cm³/mol. The van der Waals surface area contributed by atoms with Gasteiger partial charge in [-0.15, -0.1) is 0 Å². The molecule has 0 aromatic heterocycles. The summed E-state index contributed by atoms with van der Waals surface area (Å²) in [4.78, 5) is 25.7. The predicted octanol–water partition coefficient (Wildman–Crippen LogP) is 0.381. The normalized spacial score (nSPS) is 38.5. The highest BCUT2D eigenvalue weighted by Crippen LogP contribution is 2.40. The second-order valence-corrected chi connectivity index (χ2v) is 5.29. The third kappa shape index (κ3) is 1.47. The molecule has 0 spiro atoms. The SMILES string of the molecule is O=C1C2CCCC2C(=O)N1CC1CCNC1. The number of amides is 2. The number of hydrogen-bond donors (Lipinski definition) is 1. The van der Waals surface area contributed by atoms with Crippen LogP contribution in [-0.4, -0.2) is 36.3 Å². The van der Waals surface area contributed by atoms with Crippen LogP contribution in [0.2, 0.25) is 0 Å². The van der Waals surface area contributed by atoms with Crippen LogP contribution >= 0.6 is 0 Å². The Kier molecular flexibility index (Phi) is 2.46. The van der Waals surface area contributed by atoms with Crippen molar-refractivity contribution in [3.8, 4) is 0 Å². The average molecular weight is 222 g/mol. The van der Waals surface area contributed by atoms with Crippen molar-refractivity contribution in [1.29, 1.82) is 0 Å². The van der Waals surface area contributed by atoms with Crippen molar-refractivity contribution in [2.45, 2.75) is 25.7 Å². The third-order valence-corrected chi connectivity index (χ3v) is 4.29. The van der Waals surface area contributed by atoms with Crippen molar-refractivity contribution in [2.75, 3.05) is 19.6 Å². The zero-order chi connectivity index (χ0) is 11.1. The Labute approximate surface area is 95.4 Å². The van der Waals surface area contributed by atoms with E-state index in [0.717, 1.165) is 38.8 Å². The van der Waals surface area contributed by atoms with E-state index in [1.54, 1.807) is 4.90 Å². The fraction of sp³-hybridized carbons (Fsp3) is 0.833. The second kappa shape index (κ2) is 3.84. The van der Waals surface area contributed by atoms with Crippen LogP contribution in [0.25, 0.3) is 0 Å². The summed E-state index contributed by atoms with van der Waals surface area (Å²) in [6, 6.07) is 0. The highest BCUT2D eigenvalue weighted by molar-refractivity contribution is 6.05. The van der Waals surface area contributed by atoms with Crippen LogP contribution in [0.5, 0.6) is 0 Å². The summed E-state index contributed by atoms with van der Waals surface area (Å²) in [5, 5.41) is 3.28. The Bertz CT molecular complexity index is 301. The molecule has 1 saturated carbocycles. The number of nitrogens with one attached hydrogen (secondary N) is 1. The van der Waals surface area contributed by atoms with Gasteiger partial charge >= 0.3 is 0 Å². The van der Waals surface area contributed by atoms with E-state index >= 15 is 0 Å². The van der Waals surface area contributed by atoms with E-state index in [1.165, 1.54) is 0 Å². The van der Waals surface area contributed by atoms with E-state index in [0.29, 0.717) is 12.5 Å². The summed E-state index contributed by atoms with van der Waals surface area (Å²) in [6.07, 6.45) is 3.99. The van der Waals surface area contributed by atoms with Crippen molar-refractivity contribution in [2.24, 2.45) is 17.8 Å². The molecule has 1 N–H and O–H groups in total. The first-order valence-electron chi connectivity index (χ1n) is 6.33. The molecule has 2 aliphatic heterocycles. The van der Waals surface area contributed by atoms with Gasteiger partial charge in [0.25, 0.3) is 0 Å². The molecule has 4 heteroatoms. The maximum Gasteiger partial charge on any atom is 0.233 e. The standard InChI is InChI=1S/C12H18N2O2/c15-11-9-2-1-3-10(9)12(16)14(11)7-8-4-5-13-6-8/h8-10,13H,1-7H2. The van der Waals surface area contributed by atoms with E-state index in [4.69, 9.17) is 0 Å². The van der Waals surface area contributed by atoms with Crippen LogP contribution < -0.4 is 5.32 Å². The van der Waals surface area contributed by atoms with Gasteiger partial charge in [-0.3, -0.25) is 14.5 Å². The molecule has 0 aromatic carbocycles. The molecule has 88 valence electrons. The molecular weight excluding hydrogens is 204 g/mol. The number of hydrogen-bond acceptors (Lipinski definition) is 3. The zero-order valence-corrected chi connectivity index (χ0v) is 9.45. The number of rotatable bonds is 2. The smallest absolute Gasteiger partial charge is 0.233 e. The molecule has 0 bridgehead atoms. The molecule has 1 aliphatic carbocycles.